The molecule has 1 amide bonds. The number of ether oxygens (including phenoxy) is 3. The van der Waals surface area contributed by atoms with Crippen LogP contribution in [0.25, 0.3) is 11.4 Å². The zero-order valence-electron chi connectivity index (χ0n) is 25.2. The molecule has 4 aromatic carbocycles. The molecule has 5 rings (SSSR count). The predicted octanol–water partition coefficient (Wildman–Crippen LogP) is 4.78. The summed E-state index contributed by atoms with van der Waals surface area (Å²) in [6, 6.07) is 32.4. The van der Waals surface area contributed by atoms with E-state index in [1.54, 1.807) is 24.4 Å². The molecule has 9 heteroatoms. The summed E-state index contributed by atoms with van der Waals surface area (Å²) in [4.78, 5) is 16.6. The highest BCUT2D eigenvalue weighted by atomic mass is 16.5. The fourth-order valence-electron chi connectivity index (χ4n) is 4.87. The minimum absolute atomic E-state index is 0.130. The maximum Gasteiger partial charge on any atom is 0.252 e. The lowest BCUT2D eigenvalue weighted by atomic mass is 10.1. The predicted molar refractivity (Wildman–Crippen MR) is 173 cm³/mol. The van der Waals surface area contributed by atoms with Gasteiger partial charge in [-0.3, -0.25) is 4.79 Å². The van der Waals surface area contributed by atoms with Crippen LogP contribution in [0.1, 0.15) is 21.5 Å². The molecule has 0 aliphatic rings. The molecule has 2 unspecified atom stereocenters. The van der Waals surface area contributed by atoms with E-state index in [2.05, 4.69) is 10.3 Å². The van der Waals surface area contributed by atoms with Crippen molar-refractivity contribution in [2.45, 2.75) is 25.2 Å². The first kappa shape index (κ1) is 31.3. The second-order valence-corrected chi connectivity index (χ2v) is 10.7. The number of amides is 1. The minimum atomic E-state index is -0.737. The van der Waals surface area contributed by atoms with Gasteiger partial charge in [0.25, 0.3) is 5.91 Å². The topological polar surface area (TPSA) is 121 Å². The molecule has 0 saturated heterocycles. The molecule has 9 nitrogen and oxygen atoms in total. The largest absolute Gasteiger partial charge is 0.491 e. The number of rotatable bonds is 16. The van der Waals surface area contributed by atoms with Crippen molar-refractivity contribution in [2.75, 3.05) is 19.7 Å². The van der Waals surface area contributed by atoms with Gasteiger partial charge in [0.05, 0.1) is 5.56 Å². The second kappa shape index (κ2) is 15.6. The van der Waals surface area contributed by atoms with Crippen LogP contribution in [0.3, 0.4) is 0 Å². The van der Waals surface area contributed by atoms with Gasteiger partial charge < -0.3 is 34.9 Å². The van der Waals surface area contributed by atoms with E-state index in [-0.39, 0.29) is 18.3 Å². The number of primary amides is 1. The number of aryl methyl sites for hydroxylation is 1. The van der Waals surface area contributed by atoms with Gasteiger partial charge in [-0.25, -0.2) is 4.98 Å². The summed E-state index contributed by atoms with van der Waals surface area (Å²) in [6.07, 6.45) is 3.24. The SMILES string of the molecule is Cn1ccnc1-c1ccc(OCC(O)CNCC(Cc2ccccc2)Oc2ccc(OCc3ccccc3)c(C(N)=O)c2)cc1. The lowest BCUT2D eigenvalue weighted by molar-refractivity contribution is 0.0991. The molecule has 232 valence electrons. The maximum atomic E-state index is 12.3. The highest BCUT2D eigenvalue weighted by Gasteiger charge is 2.17. The average Bonchev–Trinajstić information content (AvgIpc) is 3.50. The summed E-state index contributed by atoms with van der Waals surface area (Å²) < 4.78 is 20.0. The standard InChI is InChI=1S/C36H38N4O5/c1-40-19-18-39-36(40)28-12-14-30(15-13-28)43-25-29(41)22-38-23-32(20-26-8-4-2-5-9-26)45-31-16-17-34(33(21-31)35(37)42)44-24-27-10-6-3-7-11-27/h2-19,21,29,32,38,41H,20,22-25H2,1H3,(H2,37,42). The van der Waals surface area contributed by atoms with E-state index in [4.69, 9.17) is 19.9 Å². The van der Waals surface area contributed by atoms with Gasteiger partial charge in [-0.15, -0.1) is 0 Å². The van der Waals surface area contributed by atoms with Gasteiger partial charge in [-0.05, 0) is 53.6 Å². The summed E-state index contributed by atoms with van der Waals surface area (Å²) in [5.41, 5.74) is 9.00. The Hall–Kier alpha value is -5.12. The molecular weight excluding hydrogens is 568 g/mol. The zero-order chi connectivity index (χ0) is 31.4. The Bertz CT molecular complexity index is 1640. The summed E-state index contributed by atoms with van der Waals surface area (Å²) in [7, 11) is 1.95. The van der Waals surface area contributed by atoms with Crippen LogP contribution >= 0.6 is 0 Å². The molecule has 45 heavy (non-hydrogen) atoms. The lowest BCUT2D eigenvalue weighted by Crippen LogP contribution is -2.38. The number of carbonyl (C=O) groups is 1. The summed E-state index contributed by atoms with van der Waals surface area (Å²) in [5.74, 6) is 1.83. The van der Waals surface area contributed by atoms with E-state index in [0.717, 1.165) is 22.5 Å². The van der Waals surface area contributed by atoms with Crippen LogP contribution in [-0.2, 0) is 20.1 Å². The van der Waals surface area contributed by atoms with Crippen LogP contribution < -0.4 is 25.3 Å². The molecule has 5 aromatic rings. The highest BCUT2D eigenvalue weighted by molar-refractivity contribution is 5.96. The molecule has 0 spiro atoms. The van der Waals surface area contributed by atoms with E-state index in [1.165, 1.54) is 0 Å². The number of benzene rings is 4. The van der Waals surface area contributed by atoms with E-state index in [1.807, 2.05) is 103 Å². The Morgan fingerprint density at radius 2 is 1.58 bits per heavy atom. The van der Waals surface area contributed by atoms with Crippen LogP contribution in [0.4, 0.5) is 0 Å². The quantitative estimate of drug-likeness (QED) is 0.148. The van der Waals surface area contributed by atoms with Crippen molar-refractivity contribution in [2.24, 2.45) is 12.8 Å². The number of hydrogen-bond acceptors (Lipinski definition) is 7. The Morgan fingerprint density at radius 3 is 2.24 bits per heavy atom. The monoisotopic (exact) mass is 606 g/mol. The van der Waals surface area contributed by atoms with Crippen molar-refractivity contribution in [3.8, 4) is 28.6 Å². The number of hydrogen-bond donors (Lipinski definition) is 3. The van der Waals surface area contributed by atoms with Crippen molar-refractivity contribution in [1.29, 1.82) is 0 Å². The number of imidazole rings is 1. The molecule has 0 saturated carbocycles. The number of carbonyl (C=O) groups excluding carboxylic acids is 1. The third kappa shape index (κ3) is 9.18. The smallest absolute Gasteiger partial charge is 0.252 e. The van der Waals surface area contributed by atoms with Crippen LogP contribution in [0.2, 0.25) is 0 Å². The van der Waals surface area contributed by atoms with E-state index < -0.39 is 12.0 Å². The molecular formula is C36H38N4O5. The van der Waals surface area contributed by atoms with E-state index >= 15 is 0 Å². The molecule has 4 N–H and O–H groups in total. The van der Waals surface area contributed by atoms with Gasteiger partial charge in [0.2, 0.25) is 0 Å². The van der Waals surface area contributed by atoms with E-state index in [9.17, 15) is 9.90 Å². The first-order chi connectivity index (χ1) is 21.9. The first-order valence-electron chi connectivity index (χ1n) is 14.8. The average molecular weight is 607 g/mol. The first-order valence-corrected chi connectivity index (χ1v) is 14.8. The second-order valence-electron chi connectivity index (χ2n) is 10.7. The number of aliphatic hydroxyl groups excluding tert-OH is 1. The third-order valence-electron chi connectivity index (χ3n) is 7.19. The fourth-order valence-corrected chi connectivity index (χ4v) is 4.87. The van der Waals surface area contributed by atoms with Crippen LogP contribution in [-0.4, -0.2) is 52.5 Å². The molecule has 0 radical (unpaired) electrons. The van der Waals surface area contributed by atoms with E-state index in [0.29, 0.717) is 43.4 Å². The number of nitrogens with one attached hydrogen (secondary N) is 1. The Labute approximate surface area is 263 Å². The van der Waals surface area contributed by atoms with Crippen molar-refractivity contribution in [1.82, 2.24) is 14.9 Å². The molecule has 0 fully saturated rings. The number of nitrogens with two attached hydrogens (primary N) is 1. The number of aromatic nitrogens is 2. The van der Waals surface area contributed by atoms with Gasteiger partial charge in [-0.2, -0.15) is 0 Å². The minimum Gasteiger partial charge on any atom is -0.491 e. The van der Waals surface area contributed by atoms with Crippen LogP contribution in [0, 0.1) is 0 Å². The molecule has 0 aliphatic heterocycles. The molecule has 2 atom stereocenters. The summed E-state index contributed by atoms with van der Waals surface area (Å²) in [6.45, 7) is 1.19. The third-order valence-corrected chi connectivity index (χ3v) is 7.19. The highest BCUT2D eigenvalue weighted by Crippen LogP contribution is 2.26. The lowest BCUT2D eigenvalue weighted by Gasteiger charge is -2.22. The molecule has 0 bridgehead atoms. The van der Waals surface area contributed by atoms with Gasteiger partial charge >= 0.3 is 0 Å². The van der Waals surface area contributed by atoms with Crippen molar-refractivity contribution < 1.29 is 24.1 Å². The van der Waals surface area contributed by atoms with Crippen molar-refractivity contribution in [3.05, 3.63) is 132 Å². The number of nitrogens with zero attached hydrogens (tertiary/aromatic N) is 2. The van der Waals surface area contributed by atoms with Crippen molar-refractivity contribution >= 4 is 5.91 Å². The molecule has 0 aliphatic carbocycles. The Kier molecular flexibility index (Phi) is 10.8. The molecule has 1 heterocycles. The maximum absolute atomic E-state index is 12.3. The normalized spacial score (nSPS) is 12.3. The Morgan fingerprint density at radius 1 is 0.889 bits per heavy atom. The van der Waals surface area contributed by atoms with Crippen LogP contribution in [0.5, 0.6) is 17.2 Å². The zero-order valence-corrected chi connectivity index (χ0v) is 25.2. The number of aliphatic hydroxyl groups is 1. The van der Waals surface area contributed by atoms with Gasteiger partial charge in [-0.1, -0.05) is 60.7 Å². The Balaban J connectivity index is 1.16. The van der Waals surface area contributed by atoms with Crippen molar-refractivity contribution in [3.63, 3.8) is 0 Å². The van der Waals surface area contributed by atoms with Gasteiger partial charge in [0, 0.05) is 44.5 Å². The van der Waals surface area contributed by atoms with Gasteiger partial charge in [0.1, 0.15) is 48.5 Å². The summed E-state index contributed by atoms with van der Waals surface area (Å²) in [5, 5.41) is 13.9. The molecule has 1 aromatic heterocycles. The van der Waals surface area contributed by atoms with Gasteiger partial charge in [0.15, 0.2) is 0 Å². The van der Waals surface area contributed by atoms with Crippen LogP contribution in [0.15, 0.2) is 116 Å². The fraction of sp³-hybridized carbons (Fsp3) is 0.222. The summed E-state index contributed by atoms with van der Waals surface area (Å²) >= 11 is 0.